The molecule has 1 aliphatic heterocycles. The zero-order valence-electron chi connectivity index (χ0n) is 14.0. The second-order valence-corrected chi connectivity index (χ2v) is 6.76. The Morgan fingerprint density at radius 3 is 2.69 bits per heavy atom. The molecule has 0 bridgehead atoms. The van der Waals surface area contributed by atoms with Crippen LogP contribution in [0.2, 0.25) is 5.02 Å². The van der Waals surface area contributed by atoms with Crippen molar-refractivity contribution in [2.24, 2.45) is 0 Å². The molecule has 0 aromatic heterocycles. The van der Waals surface area contributed by atoms with Gasteiger partial charge in [-0.3, -0.25) is 0 Å². The predicted octanol–water partition coefficient (Wildman–Crippen LogP) is 4.45. The van der Waals surface area contributed by atoms with Gasteiger partial charge in [-0.25, -0.2) is 9.18 Å². The van der Waals surface area contributed by atoms with Crippen molar-refractivity contribution in [1.29, 1.82) is 0 Å². The topological polar surface area (TPSA) is 50.8 Å². The molecule has 2 aliphatic rings. The van der Waals surface area contributed by atoms with Crippen molar-refractivity contribution in [2.75, 3.05) is 18.5 Å². The molecule has 26 heavy (non-hydrogen) atoms. The smallest absolute Gasteiger partial charge is 0.322 e. The average molecular weight is 377 g/mol. The minimum absolute atomic E-state index is 0.0999. The van der Waals surface area contributed by atoms with Gasteiger partial charge in [-0.15, -0.1) is 0 Å². The number of hydrogen-bond donors (Lipinski definition) is 1. The summed E-state index contributed by atoms with van der Waals surface area (Å²) in [5, 5.41) is 3.18. The maximum absolute atomic E-state index is 14.1. The highest BCUT2D eigenvalue weighted by Crippen LogP contribution is 2.34. The number of urea groups is 1. The zero-order valence-corrected chi connectivity index (χ0v) is 14.8. The molecule has 0 atom stereocenters. The molecule has 1 N–H and O–H groups in total. The minimum atomic E-state index is -0.407. The third-order valence-corrected chi connectivity index (χ3v) is 4.79. The summed E-state index contributed by atoms with van der Waals surface area (Å²) in [7, 11) is 0. The molecule has 2 aromatic rings. The lowest BCUT2D eigenvalue weighted by Gasteiger charge is -2.24. The minimum Gasteiger partial charge on any atom is -0.486 e. The van der Waals surface area contributed by atoms with Crippen LogP contribution in [0.25, 0.3) is 0 Å². The fourth-order valence-corrected chi connectivity index (χ4v) is 3.15. The lowest BCUT2D eigenvalue weighted by molar-refractivity contribution is 0.171. The van der Waals surface area contributed by atoms with Gasteiger partial charge < -0.3 is 19.7 Å². The Bertz CT molecular complexity index is 821. The van der Waals surface area contributed by atoms with E-state index in [4.69, 9.17) is 21.1 Å². The van der Waals surface area contributed by atoms with Gasteiger partial charge in [-0.2, -0.15) is 0 Å². The molecule has 7 heteroatoms. The van der Waals surface area contributed by atoms with Gasteiger partial charge in [0.2, 0.25) is 0 Å². The fourth-order valence-electron chi connectivity index (χ4n) is 2.92. The Morgan fingerprint density at radius 2 is 1.96 bits per heavy atom. The van der Waals surface area contributed by atoms with Crippen LogP contribution in [0.5, 0.6) is 11.5 Å². The summed E-state index contributed by atoms with van der Waals surface area (Å²) in [5.74, 6) is 0.853. The molecule has 1 fully saturated rings. The number of hydrogen-bond acceptors (Lipinski definition) is 3. The van der Waals surface area contributed by atoms with Crippen molar-refractivity contribution in [3.8, 4) is 11.5 Å². The Kier molecular flexibility index (Phi) is 4.59. The summed E-state index contributed by atoms with van der Waals surface area (Å²) in [6.45, 7) is 1.12. The van der Waals surface area contributed by atoms with Crippen LogP contribution in [0.15, 0.2) is 36.4 Å². The SMILES string of the molecule is O=C(Nc1ccc2c(c1)OCCO2)N(Cc1c(F)cccc1Cl)C1CC1. The number of nitrogens with zero attached hydrogens (tertiary/aromatic N) is 1. The first-order valence-electron chi connectivity index (χ1n) is 8.52. The van der Waals surface area contributed by atoms with Gasteiger partial charge in [-0.05, 0) is 37.1 Å². The van der Waals surface area contributed by atoms with Crippen LogP contribution >= 0.6 is 11.6 Å². The molecule has 1 saturated carbocycles. The number of amides is 2. The monoisotopic (exact) mass is 376 g/mol. The number of anilines is 1. The number of rotatable bonds is 4. The normalized spacial score (nSPS) is 15.5. The zero-order chi connectivity index (χ0) is 18.1. The van der Waals surface area contributed by atoms with E-state index in [1.165, 1.54) is 6.07 Å². The molecule has 1 aliphatic carbocycles. The number of carbonyl (C=O) groups excluding carboxylic acids is 1. The van der Waals surface area contributed by atoms with Crippen LogP contribution in [0, 0.1) is 5.82 Å². The van der Waals surface area contributed by atoms with Gasteiger partial charge in [0.05, 0.1) is 6.54 Å². The first-order valence-corrected chi connectivity index (χ1v) is 8.90. The Hall–Kier alpha value is -2.47. The largest absolute Gasteiger partial charge is 0.486 e. The lowest BCUT2D eigenvalue weighted by atomic mass is 10.2. The van der Waals surface area contributed by atoms with Crippen molar-refractivity contribution < 1.29 is 18.7 Å². The van der Waals surface area contributed by atoms with E-state index >= 15 is 0 Å². The van der Waals surface area contributed by atoms with Crippen molar-refractivity contribution in [1.82, 2.24) is 4.90 Å². The number of benzene rings is 2. The van der Waals surface area contributed by atoms with Crippen LogP contribution in [-0.2, 0) is 6.54 Å². The van der Waals surface area contributed by atoms with Crippen molar-refractivity contribution >= 4 is 23.3 Å². The van der Waals surface area contributed by atoms with E-state index in [9.17, 15) is 9.18 Å². The second kappa shape index (κ2) is 7.03. The third kappa shape index (κ3) is 3.55. The predicted molar refractivity (Wildman–Crippen MR) is 96.4 cm³/mol. The van der Waals surface area contributed by atoms with Gasteiger partial charge in [-0.1, -0.05) is 17.7 Å². The lowest BCUT2D eigenvalue weighted by Crippen LogP contribution is -2.36. The maximum atomic E-state index is 14.1. The van der Waals surface area contributed by atoms with E-state index in [0.717, 1.165) is 12.8 Å². The van der Waals surface area contributed by atoms with Crippen LogP contribution in [0.1, 0.15) is 18.4 Å². The molecule has 2 amide bonds. The number of fused-ring (bicyclic) bond motifs is 1. The van der Waals surface area contributed by atoms with E-state index in [1.54, 1.807) is 35.2 Å². The summed E-state index contributed by atoms with van der Waals surface area (Å²) >= 11 is 6.11. The fraction of sp³-hybridized carbons (Fsp3) is 0.316. The van der Waals surface area contributed by atoms with Crippen molar-refractivity contribution in [3.05, 3.63) is 52.8 Å². The van der Waals surface area contributed by atoms with E-state index in [-0.39, 0.29) is 18.6 Å². The van der Waals surface area contributed by atoms with Gasteiger partial charge in [0.15, 0.2) is 11.5 Å². The highest BCUT2D eigenvalue weighted by molar-refractivity contribution is 6.31. The number of carbonyl (C=O) groups is 1. The molecular weight excluding hydrogens is 359 g/mol. The molecular formula is C19H18ClFN2O3. The molecule has 0 spiro atoms. The van der Waals surface area contributed by atoms with Crippen LogP contribution < -0.4 is 14.8 Å². The second-order valence-electron chi connectivity index (χ2n) is 6.35. The van der Waals surface area contributed by atoms with Crippen LogP contribution in [0.3, 0.4) is 0 Å². The van der Waals surface area contributed by atoms with Gasteiger partial charge in [0, 0.05) is 28.4 Å². The summed E-state index contributed by atoms with van der Waals surface area (Å²) < 4.78 is 25.1. The summed E-state index contributed by atoms with van der Waals surface area (Å²) in [6, 6.07) is 9.60. The van der Waals surface area contributed by atoms with Gasteiger partial charge in [0.25, 0.3) is 0 Å². The summed E-state index contributed by atoms with van der Waals surface area (Å²) in [5.41, 5.74) is 0.933. The highest BCUT2D eigenvalue weighted by Gasteiger charge is 2.33. The molecule has 4 rings (SSSR count). The Labute approximate surface area is 155 Å². The molecule has 136 valence electrons. The Balaban J connectivity index is 1.51. The average Bonchev–Trinajstić information content (AvgIpc) is 3.46. The number of nitrogens with one attached hydrogen (secondary N) is 1. The van der Waals surface area contributed by atoms with Crippen molar-refractivity contribution in [3.63, 3.8) is 0 Å². The van der Waals surface area contributed by atoms with Crippen LogP contribution in [0.4, 0.5) is 14.9 Å². The quantitative estimate of drug-likeness (QED) is 0.857. The first-order chi connectivity index (χ1) is 12.6. The first kappa shape index (κ1) is 17.0. The van der Waals surface area contributed by atoms with Crippen molar-refractivity contribution in [2.45, 2.75) is 25.4 Å². The molecule has 1 heterocycles. The number of halogens is 2. The van der Waals surface area contributed by atoms with Gasteiger partial charge in [0.1, 0.15) is 19.0 Å². The van der Waals surface area contributed by atoms with E-state index in [2.05, 4.69) is 5.32 Å². The summed E-state index contributed by atoms with van der Waals surface area (Å²) in [4.78, 5) is 14.4. The van der Waals surface area contributed by atoms with E-state index < -0.39 is 5.82 Å². The maximum Gasteiger partial charge on any atom is 0.322 e. The van der Waals surface area contributed by atoms with Crippen LogP contribution in [-0.4, -0.2) is 30.2 Å². The molecule has 2 aromatic carbocycles. The molecule has 0 saturated heterocycles. The molecule has 0 unspecified atom stereocenters. The van der Waals surface area contributed by atoms with E-state index in [1.807, 2.05) is 0 Å². The molecule has 0 radical (unpaired) electrons. The highest BCUT2D eigenvalue weighted by atomic mass is 35.5. The van der Waals surface area contributed by atoms with E-state index in [0.29, 0.717) is 41.0 Å². The Morgan fingerprint density at radius 1 is 1.19 bits per heavy atom. The number of ether oxygens (including phenoxy) is 2. The standard InChI is InChI=1S/C19H18ClFN2O3/c20-15-2-1-3-16(21)14(15)11-23(13-5-6-13)19(24)22-12-4-7-17-18(10-12)26-9-8-25-17/h1-4,7,10,13H,5-6,8-9,11H2,(H,22,24). The third-order valence-electron chi connectivity index (χ3n) is 4.43. The van der Waals surface area contributed by atoms with Gasteiger partial charge >= 0.3 is 6.03 Å². The summed E-state index contributed by atoms with van der Waals surface area (Å²) in [6.07, 6.45) is 1.81. The molecule has 5 nitrogen and oxygen atoms in total.